The van der Waals surface area contributed by atoms with Gasteiger partial charge in [-0.1, -0.05) is 60.7 Å². The van der Waals surface area contributed by atoms with Crippen molar-refractivity contribution in [3.05, 3.63) is 157 Å². The van der Waals surface area contributed by atoms with Gasteiger partial charge >= 0.3 is 0 Å². The Hall–Kier alpha value is -6.24. The monoisotopic (exact) mass is 663 g/mol. The van der Waals surface area contributed by atoms with Crippen LogP contribution in [-0.2, 0) is 14.1 Å². The van der Waals surface area contributed by atoms with E-state index in [9.17, 15) is 0 Å². The molecule has 0 radical (unpaired) electrons. The van der Waals surface area contributed by atoms with Gasteiger partial charge in [-0.15, -0.1) is 11.3 Å². The smallest absolute Gasteiger partial charge is 0.169 e. The number of thiophene rings is 1. The molecule has 0 aliphatic carbocycles. The fourth-order valence-corrected chi connectivity index (χ4v) is 7.99. The summed E-state index contributed by atoms with van der Waals surface area (Å²) in [5.41, 5.74) is 14.5. The third kappa shape index (κ3) is 5.36. The van der Waals surface area contributed by atoms with Crippen LogP contribution in [0.4, 0.5) is 0 Å². The summed E-state index contributed by atoms with van der Waals surface area (Å²) >= 11 is 1.78. The fourth-order valence-electron chi connectivity index (χ4n) is 6.84. The number of aromatic nitrogens is 5. The van der Waals surface area contributed by atoms with Crippen LogP contribution >= 0.6 is 11.3 Å². The molecule has 5 nitrogen and oxygen atoms in total. The Morgan fingerprint density at radius 1 is 0.420 bits per heavy atom. The minimum atomic E-state index is 0.915. The predicted octanol–water partition coefficient (Wildman–Crippen LogP) is 9.71. The fraction of sp³-hybridized carbons (Fsp3) is 0.0455. The molecule has 1 N–H and O–H groups in total. The minimum absolute atomic E-state index is 0.915. The highest BCUT2D eigenvalue weighted by Gasteiger charge is 2.19. The normalized spacial score (nSPS) is 12.0. The number of pyridine rings is 2. The average molecular weight is 664 g/mol. The van der Waals surface area contributed by atoms with E-state index in [1.165, 1.54) is 0 Å². The largest absolute Gasteiger partial charge is 0.354 e. The van der Waals surface area contributed by atoms with Gasteiger partial charge in [-0.05, 0) is 70.8 Å². The highest BCUT2D eigenvalue weighted by atomic mass is 32.1. The van der Waals surface area contributed by atoms with Gasteiger partial charge in [-0.3, -0.25) is 0 Å². The number of aromatic amines is 1. The van der Waals surface area contributed by atoms with Crippen LogP contribution in [0, 0.1) is 0 Å². The number of nitrogens with zero attached hydrogens (tertiary/aromatic N) is 4. The summed E-state index contributed by atoms with van der Waals surface area (Å²) in [6, 6.07) is 38.7. The molecule has 8 bridgehead atoms. The molecule has 9 rings (SSSR count). The van der Waals surface area contributed by atoms with Crippen molar-refractivity contribution in [1.29, 1.82) is 0 Å². The van der Waals surface area contributed by atoms with Crippen molar-refractivity contribution in [2.24, 2.45) is 14.1 Å². The second-order valence-corrected chi connectivity index (χ2v) is 13.7. The van der Waals surface area contributed by atoms with Gasteiger partial charge < -0.3 is 4.98 Å². The SMILES string of the molecule is C[n+]1ccc(-c2c3nc(c(-c4ccccc4)c4ccc(s4)c(-c4ccccc4)c4nc(c(-c5cc[n+](C)cc5)c5ccc2[nH]5)C=C4)C=C3)cc1. The number of H-pyrrole nitrogens is 1. The molecule has 0 atom stereocenters. The molecule has 5 aromatic heterocycles. The first-order valence-corrected chi connectivity index (χ1v) is 17.5. The lowest BCUT2D eigenvalue weighted by atomic mass is 10.0. The van der Waals surface area contributed by atoms with E-state index in [-0.39, 0.29) is 0 Å². The summed E-state index contributed by atoms with van der Waals surface area (Å²) in [5, 5.41) is 0. The lowest BCUT2D eigenvalue weighted by Gasteiger charge is -2.06. The van der Waals surface area contributed by atoms with Crippen molar-refractivity contribution in [1.82, 2.24) is 15.0 Å². The predicted molar refractivity (Wildman–Crippen MR) is 206 cm³/mol. The summed E-state index contributed by atoms with van der Waals surface area (Å²) in [4.78, 5) is 14.6. The topological polar surface area (TPSA) is 49.3 Å². The zero-order chi connectivity index (χ0) is 33.6. The van der Waals surface area contributed by atoms with Gasteiger partial charge in [-0.2, -0.15) is 0 Å². The van der Waals surface area contributed by atoms with E-state index in [1.54, 1.807) is 11.3 Å². The molecule has 6 heteroatoms. The molecule has 7 heterocycles. The van der Waals surface area contributed by atoms with Gasteiger partial charge in [0.15, 0.2) is 24.8 Å². The molecular weight excluding hydrogens is 631 g/mol. The summed E-state index contributed by atoms with van der Waals surface area (Å²) in [7, 11) is 4.08. The molecule has 238 valence electrons. The summed E-state index contributed by atoms with van der Waals surface area (Å²) < 4.78 is 6.42. The molecule has 7 aromatic rings. The summed E-state index contributed by atoms with van der Waals surface area (Å²) in [6.45, 7) is 0. The van der Waals surface area contributed by atoms with Crippen LogP contribution < -0.4 is 9.13 Å². The molecule has 0 unspecified atom stereocenters. The zero-order valence-corrected chi connectivity index (χ0v) is 28.5. The molecular formula is C44H33N5S+2. The molecule has 0 spiro atoms. The summed E-state index contributed by atoms with van der Waals surface area (Å²) in [6.07, 6.45) is 17.0. The Morgan fingerprint density at radius 2 is 0.780 bits per heavy atom. The maximum Gasteiger partial charge on any atom is 0.169 e. The standard InChI is InChI=1S/C44H32N5S/c1-48-25-21-31(22-26-48)41-33-13-14-34(45-33)42(32-23-27-49(2)28-24-32)36-16-18-38(47-36)44(30-11-7-4-8-12-30)40-20-19-39(50-40)43(29-9-5-3-6-10-29)37-17-15-35(41)46-37/h3-28H,1-2H3/q+1/p+1. The molecule has 50 heavy (non-hydrogen) atoms. The second-order valence-electron chi connectivity index (χ2n) is 12.6. The maximum atomic E-state index is 5.40. The molecule has 0 fully saturated rings. The van der Waals surface area contributed by atoms with Crippen molar-refractivity contribution < 1.29 is 9.13 Å². The maximum absolute atomic E-state index is 5.40. The van der Waals surface area contributed by atoms with Crippen LogP contribution in [-0.4, -0.2) is 15.0 Å². The van der Waals surface area contributed by atoms with E-state index < -0.39 is 0 Å². The van der Waals surface area contributed by atoms with Crippen molar-refractivity contribution in [2.75, 3.05) is 0 Å². The lowest BCUT2D eigenvalue weighted by molar-refractivity contribution is -0.671. The minimum Gasteiger partial charge on any atom is -0.354 e. The number of hydrogen-bond donors (Lipinski definition) is 1. The number of fused-ring (bicyclic) bond motifs is 8. The summed E-state index contributed by atoms with van der Waals surface area (Å²) in [5.74, 6) is 0. The average Bonchev–Trinajstić information content (AvgIpc) is 3.98. The first-order chi connectivity index (χ1) is 24.6. The first-order valence-electron chi connectivity index (χ1n) is 16.7. The highest BCUT2D eigenvalue weighted by molar-refractivity contribution is 7.24. The van der Waals surface area contributed by atoms with Crippen LogP contribution in [0.15, 0.2) is 134 Å². The van der Waals surface area contributed by atoms with Gasteiger partial charge in [0.2, 0.25) is 0 Å². The van der Waals surface area contributed by atoms with Gasteiger partial charge in [0.05, 0.1) is 22.8 Å². The Labute approximate surface area is 294 Å². The Bertz CT molecular complexity index is 2450. The van der Waals surface area contributed by atoms with Crippen molar-refractivity contribution in [3.8, 4) is 44.5 Å². The van der Waals surface area contributed by atoms with Crippen LogP contribution in [0.5, 0.6) is 0 Å². The number of aryl methyl sites for hydroxylation is 2. The zero-order valence-electron chi connectivity index (χ0n) is 27.7. The second kappa shape index (κ2) is 12.3. The van der Waals surface area contributed by atoms with E-state index in [0.29, 0.717) is 0 Å². The third-order valence-electron chi connectivity index (χ3n) is 9.29. The first kappa shape index (κ1) is 29.9. The van der Waals surface area contributed by atoms with Crippen LogP contribution in [0.25, 0.3) is 89.2 Å². The van der Waals surface area contributed by atoms with E-state index >= 15 is 0 Å². The quantitative estimate of drug-likeness (QED) is 0.191. The van der Waals surface area contributed by atoms with E-state index in [0.717, 1.165) is 87.7 Å². The van der Waals surface area contributed by atoms with Crippen molar-refractivity contribution >= 4 is 56.1 Å². The third-order valence-corrected chi connectivity index (χ3v) is 10.4. The number of hydrogen-bond acceptors (Lipinski definition) is 3. The highest BCUT2D eigenvalue weighted by Crippen LogP contribution is 2.41. The molecule has 0 saturated carbocycles. The van der Waals surface area contributed by atoms with Crippen LogP contribution in [0.2, 0.25) is 0 Å². The Kier molecular flexibility index (Phi) is 7.37. The van der Waals surface area contributed by atoms with E-state index in [1.807, 2.05) is 14.1 Å². The van der Waals surface area contributed by atoms with Crippen molar-refractivity contribution in [3.63, 3.8) is 0 Å². The molecule has 2 aliphatic rings. The Morgan fingerprint density at radius 3 is 1.18 bits per heavy atom. The number of rotatable bonds is 4. The molecule has 2 aliphatic heterocycles. The number of benzene rings is 2. The Balaban J connectivity index is 1.48. The van der Waals surface area contributed by atoms with Gasteiger partial charge in [-0.25, -0.2) is 19.1 Å². The van der Waals surface area contributed by atoms with Gasteiger partial charge in [0, 0.05) is 67.0 Å². The van der Waals surface area contributed by atoms with E-state index in [4.69, 9.17) is 9.97 Å². The van der Waals surface area contributed by atoms with Crippen molar-refractivity contribution in [2.45, 2.75) is 0 Å². The molecule has 0 saturated heterocycles. The number of nitrogens with one attached hydrogen (secondary N) is 1. The van der Waals surface area contributed by atoms with Gasteiger partial charge in [0.1, 0.15) is 14.1 Å². The van der Waals surface area contributed by atoms with Crippen LogP contribution in [0.3, 0.4) is 0 Å². The van der Waals surface area contributed by atoms with E-state index in [2.05, 4.69) is 172 Å². The molecule has 0 amide bonds. The lowest BCUT2D eigenvalue weighted by Crippen LogP contribution is -2.25. The van der Waals surface area contributed by atoms with Gasteiger partial charge in [0.25, 0.3) is 0 Å². The van der Waals surface area contributed by atoms with Crippen LogP contribution in [0.1, 0.15) is 22.8 Å². The molecule has 2 aromatic carbocycles.